The predicted molar refractivity (Wildman–Crippen MR) is 110 cm³/mol. The molecule has 0 aliphatic rings. The summed E-state index contributed by atoms with van der Waals surface area (Å²) in [5, 5.41) is 2.31. The van der Waals surface area contributed by atoms with E-state index in [-0.39, 0.29) is 28.8 Å². The third-order valence-corrected chi connectivity index (χ3v) is 5.93. The highest BCUT2D eigenvalue weighted by Gasteiger charge is 2.34. The van der Waals surface area contributed by atoms with Crippen molar-refractivity contribution in [1.29, 1.82) is 0 Å². The van der Waals surface area contributed by atoms with Gasteiger partial charge in [0.25, 0.3) is 5.91 Å². The molecule has 12 heteroatoms. The smallest absolute Gasteiger partial charge is 0.328 e. The van der Waals surface area contributed by atoms with E-state index < -0.39 is 22.7 Å². The first-order valence-electron chi connectivity index (χ1n) is 9.13. The number of imidazole rings is 1. The van der Waals surface area contributed by atoms with E-state index in [0.29, 0.717) is 23.3 Å². The number of pyridine rings is 1. The summed E-state index contributed by atoms with van der Waals surface area (Å²) in [5.41, 5.74) is -0.596. The van der Waals surface area contributed by atoms with Gasteiger partial charge in [0.2, 0.25) is 0 Å². The Kier molecular flexibility index (Phi) is 6.75. The number of alkyl halides is 3. The van der Waals surface area contributed by atoms with Crippen molar-refractivity contribution in [3.05, 3.63) is 57.1 Å². The number of amides is 1. The highest BCUT2D eigenvalue weighted by Crippen LogP contribution is 2.35. The summed E-state index contributed by atoms with van der Waals surface area (Å²) in [6.07, 6.45) is 0.729. The number of ketones is 1. The normalized spacial score (nSPS) is 12.6. The van der Waals surface area contributed by atoms with E-state index in [1.165, 1.54) is 12.4 Å². The first-order valence-corrected chi connectivity index (χ1v) is 10.3. The second-order valence-electron chi connectivity index (χ2n) is 6.66. The summed E-state index contributed by atoms with van der Waals surface area (Å²) in [7, 11) is 0. The second-order valence-corrected chi connectivity index (χ2v) is 8.13. The van der Waals surface area contributed by atoms with E-state index in [4.69, 9.17) is 11.6 Å². The van der Waals surface area contributed by atoms with Crippen molar-refractivity contribution in [1.82, 2.24) is 19.5 Å². The molecule has 31 heavy (non-hydrogen) atoms. The van der Waals surface area contributed by atoms with Gasteiger partial charge in [0, 0.05) is 25.1 Å². The van der Waals surface area contributed by atoms with Crippen molar-refractivity contribution in [2.45, 2.75) is 38.9 Å². The van der Waals surface area contributed by atoms with Crippen molar-refractivity contribution in [2.75, 3.05) is 5.32 Å². The maximum atomic E-state index is 13.0. The number of thiazole rings is 1. The number of carbonyl (C=O) groups excluding carboxylic acids is 2. The van der Waals surface area contributed by atoms with E-state index >= 15 is 0 Å². The Hall–Kier alpha value is -2.79. The average Bonchev–Trinajstić information content (AvgIpc) is 3.38. The number of nitrogens with one attached hydrogen (secondary N) is 1. The molecule has 0 aromatic carbocycles. The minimum absolute atomic E-state index is 0.0990. The molecule has 7 nitrogen and oxygen atoms in total. The van der Waals surface area contributed by atoms with Gasteiger partial charge in [0.1, 0.15) is 16.4 Å². The molecule has 0 aliphatic heterocycles. The van der Waals surface area contributed by atoms with E-state index in [9.17, 15) is 22.8 Å². The highest BCUT2D eigenvalue weighted by molar-refractivity contribution is 7.13. The zero-order valence-electron chi connectivity index (χ0n) is 16.4. The van der Waals surface area contributed by atoms with Crippen LogP contribution in [-0.2, 0) is 12.7 Å². The molecule has 0 saturated heterocycles. The van der Waals surface area contributed by atoms with Gasteiger partial charge in [-0.1, -0.05) is 18.5 Å². The Morgan fingerprint density at radius 1 is 1.26 bits per heavy atom. The number of halogens is 4. The Labute approximate surface area is 184 Å². The monoisotopic (exact) mass is 471 g/mol. The standard InChI is InChI=1S/C19H17ClF3N5O2S/c1-3-28-9-24-7-13(28)14(29)4-10(2)18-26-8-15(31-18)17(30)27-16-5-11(19(21,22)23)12(20)6-25-16/h5-10H,3-4H2,1-2H3,(H,25,27,30)/t10-/m0/s1. The maximum absolute atomic E-state index is 13.0. The lowest BCUT2D eigenvalue weighted by molar-refractivity contribution is -0.137. The fraction of sp³-hybridized carbons (Fsp3) is 0.316. The minimum atomic E-state index is -4.67. The number of carbonyl (C=O) groups is 2. The molecule has 0 unspecified atom stereocenters. The van der Waals surface area contributed by atoms with Crippen LogP contribution in [0.2, 0.25) is 5.02 Å². The largest absolute Gasteiger partial charge is 0.418 e. The van der Waals surface area contributed by atoms with E-state index in [2.05, 4.69) is 20.3 Å². The predicted octanol–water partition coefficient (Wildman–Crippen LogP) is 5.06. The average molecular weight is 472 g/mol. The van der Waals surface area contributed by atoms with Crippen LogP contribution < -0.4 is 5.32 Å². The molecule has 0 aliphatic carbocycles. The zero-order valence-corrected chi connectivity index (χ0v) is 18.0. The Balaban J connectivity index is 1.69. The van der Waals surface area contributed by atoms with Gasteiger partial charge in [-0.2, -0.15) is 13.2 Å². The number of nitrogens with zero attached hydrogens (tertiary/aromatic N) is 4. The molecule has 0 saturated carbocycles. The Morgan fingerprint density at radius 2 is 2.00 bits per heavy atom. The van der Waals surface area contributed by atoms with Gasteiger partial charge >= 0.3 is 6.18 Å². The first-order chi connectivity index (χ1) is 14.6. The number of aryl methyl sites for hydroxylation is 1. The molecular weight excluding hydrogens is 455 g/mol. The highest BCUT2D eigenvalue weighted by atomic mass is 35.5. The number of aromatic nitrogens is 4. The van der Waals surface area contributed by atoms with Crippen LogP contribution in [0.3, 0.4) is 0 Å². The quantitative estimate of drug-likeness (QED) is 0.487. The summed E-state index contributed by atoms with van der Waals surface area (Å²) in [6, 6.07) is 0.667. The minimum Gasteiger partial charge on any atom is -0.328 e. The molecular formula is C19H17ClF3N5O2S. The van der Waals surface area contributed by atoms with Crippen molar-refractivity contribution in [2.24, 2.45) is 0 Å². The molecule has 0 spiro atoms. The van der Waals surface area contributed by atoms with Crippen molar-refractivity contribution in [3.8, 4) is 0 Å². The molecule has 1 amide bonds. The number of hydrogen-bond donors (Lipinski definition) is 1. The summed E-state index contributed by atoms with van der Waals surface area (Å²) in [6.45, 7) is 4.33. The van der Waals surface area contributed by atoms with Crippen LogP contribution in [0.5, 0.6) is 0 Å². The van der Waals surface area contributed by atoms with Crippen LogP contribution in [-0.4, -0.2) is 31.2 Å². The summed E-state index contributed by atoms with van der Waals surface area (Å²) >= 11 is 6.59. The topological polar surface area (TPSA) is 89.8 Å². The molecule has 0 bridgehead atoms. The third kappa shape index (κ3) is 5.28. The lowest BCUT2D eigenvalue weighted by Gasteiger charge is -2.10. The molecule has 1 N–H and O–H groups in total. The van der Waals surface area contributed by atoms with Crippen LogP contribution in [0.1, 0.15) is 56.9 Å². The van der Waals surface area contributed by atoms with Gasteiger partial charge in [0.15, 0.2) is 5.78 Å². The fourth-order valence-corrected chi connectivity index (χ4v) is 3.87. The number of Topliss-reactive ketones (excluding diaryl/α,β-unsaturated/α-hetero) is 1. The van der Waals surface area contributed by atoms with Crippen LogP contribution in [0, 0.1) is 0 Å². The van der Waals surface area contributed by atoms with Gasteiger partial charge in [-0.3, -0.25) is 9.59 Å². The summed E-state index contributed by atoms with van der Waals surface area (Å²) in [4.78, 5) is 37.0. The lowest BCUT2D eigenvalue weighted by atomic mass is 10.0. The van der Waals surface area contributed by atoms with Gasteiger partial charge in [-0.15, -0.1) is 11.3 Å². The van der Waals surface area contributed by atoms with E-state index in [0.717, 1.165) is 17.5 Å². The van der Waals surface area contributed by atoms with Crippen LogP contribution >= 0.6 is 22.9 Å². The molecule has 164 valence electrons. The second kappa shape index (κ2) is 9.15. The Bertz CT molecular complexity index is 1110. The van der Waals surface area contributed by atoms with Gasteiger partial charge in [-0.25, -0.2) is 15.0 Å². The molecule has 3 heterocycles. The van der Waals surface area contributed by atoms with Gasteiger partial charge < -0.3 is 9.88 Å². The number of hydrogen-bond acceptors (Lipinski definition) is 6. The molecule has 0 radical (unpaired) electrons. The molecule has 3 aromatic heterocycles. The Morgan fingerprint density at radius 3 is 2.68 bits per heavy atom. The zero-order chi connectivity index (χ0) is 22.8. The fourth-order valence-electron chi connectivity index (χ4n) is 2.80. The van der Waals surface area contributed by atoms with E-state index in [1.807, 2.05) is 6.92 Å². The maximum Gasteiger partial charge on any atom is 0.418 e. The van der Waals surface area contributed by atoms with Crippen LogP contribution in [0.25, 0.3) is 0 Å². The van der Waals surface area contributed by atoms with Crippen molar-refractivity contribution >= 4 is 40.4 Å². The van der Waals surface area contributed by atoms with Crippen molar-refractivity contribution in [3.63, 3.8) is 0 Å². The molecule has 3 aromatic rings. The molecule has 0 fully saturated rings. The number of anilines is 1. The lowest BCUT2D eigenvalue weighted by Crippen LogP contribution is -2.13. The summed E-state index contributed by atoms with van der Waals surface area (Å²) < 4.78 is 40.6. The molecule has 1 atom stereocenters. The SMILES string of the molecule is CCn1cncc1C(=O)C[C@H](C)c1ncc(C(=O)Nc2cc(C(F)(F)F)c(Cl)cn2)s1. The van der Waals surface area contributed by atoms with E-state index in [1.54, 1.807) is 17.8 Å². The molecule has 3 rings (SSSR count). The van der Waals surface area contributed by atoms with Gasteiger partial charge in [0.05, 0.1) is 34.3 Å². The first kappa shape index (κ1) is 22.9. The number of rotatable bonds is 7. The van der Waals surface area contributed by atoms with Gasteiger partial charge in [-0.05, 0) is 13.0 Å². The summed E-state index contributed by atoms with van der Waals surface area (Å²) in [5.74, 6) is -1.30. The third-order valence-electron chi connectivity index (χ3n) is 4.40. The van der Waals surface area contributed by atoms with Crippen LogP contribution in [0.4, 0.5) is 19.0 Å². The van der Waals surface area contributed by atoms with Crippen molar-refractivity contribution < 1.29 is 22.8 Å². The van der Waals surface area contributed by atoms with Crippen LogP contribution in [0.15, 0.2) is 31.0 Å².